The number of hydrogen-bond donors (Lipinski definition) is 1. The van der Waals surface area contributed by atoms with Crippen molar-refractivity contribution in [3.05, 3.63) is 23.3 Å². The molecule has 79 valence electrons. The molecule has 1 radical (unpaired) electrons. The highest BCUT2D eigenvalue weighted by Gasteiger charge is 2.34. The van der Waals surface area contributed by atoms with Crippen molar-refractivity contribution in [1.29, 1.82) is 0 Å². The van der Waals surface area contributed by atoms with Gasteiger partial charge in [0.1, 0.15) is 0 Å². The molecule has 0 aromatic heterocycles. The van der Waals surface area contributed by atoms with Gasteiger partial charge >= 0.3 is 7.12 Å². The van der Waals surface area contributed by atoms with Crippen LogP contribution in [0.15, 0.2) is 6.07 Å². The molecule has 0 spiro atoms. The average Bonchev–Trinajstić information content (AvgIpc) is 2.49. The first-order chi connectivity index (χ1) is 7.02. The zero-order chi connectivity index (χ0) is 11.2. The molecule has 1 aliphatic rings. The Balaban J connectivity index is 2.69. The molecule has 0 saturated carbocycles. The van der Waals surface area contributed by atoms with Gasteiger partial charge in [-0.15, -0.1) is 0 Å². The maximum absolute atomic E-state index is 13.6. The molecule has 15 heavy (non-hydrogen) atoms. The Morgan fingerprint density at radius 1 is 1.47 bits per heavy atom. The molecule has 1 aromatic carbocycles. The van der Waals surface area contributed by atoms with E-state index >= 15 is 0 Å². The molecular weight excluding hydrogens is 217 g/mol. The number of rotatable bonds is 1. The minimum Gasteiger partial charge on any atom is -0.423 e. The second kappa shape index (κ2) is 3.70. The van der Waals surface area contributed by atoms with Gasteiger partial charge in [0.2, 0.25) is 0 Å². The van der Waals surface area contributed by atoms with Crippen LogP contribution in [0.5, 0.6) is 0 Å². The van der Waals surface area contributed by atoms with Crippen LogP contribution in [0.1, 0.15) is 5.56 Å². The number of hydrogen-bond acceptors (Lipinski definition) is 2. The van der Waals surface area contributed by atoms with E-state index < -0.39 is 27.5 Å². The van der Waals surface area contributed by atoms with Gasteiger partial charge < -0.3 is 9.68 Å². The zero-order valence-electron chi connectivity index (χ0n) is 8.47. The fourth-order valence-electron chi connectivity index (χ4n) is 1.83. The van der Waals surface area contributed by atoms with Gasteiger partial charge in [0.25, 0.3) is 0 Å². The van der Waals surface area contributed by atoms with Crippen LogP contribution in [0, 0.1) is 11.6 Å². The summed E-state index contributed by atoms with van der Waals surface area (Å²) in [6.07, 6.45) is 0. The van der Waals surface area contributed by atoms with Crippen molar-refractivity contribution < 1.29 is 18.5 Å². The van der Waals surface area contributed by atoms with Crippen LogP contribution < -0.4 is 10.6 Å². The third-order valence-electron chi connectivity index (χ3n) is 2.49. The first-order valence-electron chi connectivity index (χ1n) is 4.63. The number of fused-ring (bicyclic) bond motifs is 1. The van der Waals surface area contributed by atoms with Gasteiger partial charge in [-0.05, 0) is 22.3 Å². The van der Waals surface area contributed by atoms with Crippen LogP contribution >= 0.6 is 0 Å². The molecular formula is C9H10BF2O2Si. The van der Waals surface area contributed by atoms with E-state index in [1.54, 1.807) is 0 Å². The smallest absolute Gasteiger partial charge is 0.423 e. The summed E-state index contributed by atoms with van der Waals surface area (Å²) >= 11 is 0. The first kappa shape index (κ1) is 10.8. The third-order valence-corrected chi connectivity index (χ3v) is 3.98. The lowest BCUT2D eigenvalue weighted by molar-refractivity contribution is 0.275. The Morgan fingerprint density at radius 2 is 2.13 bits per heavy atom. The van der Waals surface area contributed by atoms with Crippen LogP contribution in [0.25, 0.3) is 0 Å². The number of benzene rings is 1. The van der Waals surface area contributed by atoms with Crippen molar-refractivity contribution in [3.8, 4) is 0 Å². The molecule has 0 bridgehead atoms. The monoisotopic (exact) mass is 227 g/mol. The van der Waals surface area contributed by atoms with Crippen molar-refractivity contribution >= 4 is 26.6 Å². The predicted molar refractivity (Wildman–Crippen MR) is 55.9 cm³/mol. The van der Waals surface area contributed by atoms with Crippen LogP contribution in [-0.4, -0.2) is 20.9 Å². The van der Waals surface area contributed by atoms with Crippen molar-refractivity contribution in [2.75, 3.05) is 0 Å². The van der Waals surface area contributed by atoms with Gasteiger partial charge in [0.15, 0.2) is 11.6 Å². The van der Waals surface area contributed by atoms with Crippen molar-refractivity contribution in [2.45, 2.75) is 19.7 Å². The zero-order valence-corrected chi connectivity index (χ0v) is 9.47. The van der Waals surface area contributed by atoms with Gasteiger partial charge in [-0.2, -0.15) is 0 Å². The van der Waals surface area contributed by atoms with E-state index in [0.717, 1.165) is 6.07 Å². The SMILES string of the molecule is C[Si](C)c1c(F)c(F)cc2c1B(O)OC2. The lowest BCUT2D eigenvalue weighted by Gasteiger charge is -2.12. The highest BCUT2D eigenvalue weighted by molar-refractivity contribution is 6.79. The molecule has 2 nitrogen and oxygen atoms in total. The molecule has 1 heterocycles. The highest BCUT2D eigenvalue weighted by Crippen LogP contribution is 2.13. The summed E-state index contributed by atoms with van der Waals surface area (Å²) in [5.41, 5.74) is 0.996. The average molecular weight is 227 g/mol. The fourth-order valence-corrected chi connectivity index (χ4v) is 3.22. The third kappa shape index (κ3) is 1.62. The van der Waals surface area contributed by atoms with Gasteiger partial charge in [0, 0.05) is 0 Å². The van der Waals surface area contributed by atoms with Gasteiger partial charge in [-0.25, -0.2) is 8.78 Å². The molecule has 0 amide bonds. The van der Waals surface area contributed by atoms with Gasteiger partial charge in [-0.3, -0.25) is 0 Å². The quantitative estimate of drug-likeness (QED) is 0.691. The van der Waals surface area contributed by atoms with E-state index in [9.17, 15) is 13.8 Å². The molecule has 2 rings (SSSR count). The normalized spacial score (nSPS) is 14.9. The molecule has 0 aliphatic carbocycles. The lowest BCUT2D eigenvalue weighted by atomic mass is 9.79. The summed E-state index contributed by atoms with van der Waals surface area (Å²) in [4.78, 5) is 0. The first-order valence-corrected chi connectivity index (χ1v) is 7.13. The summed E-state index contributed by atoms with van der Waals surface area (Å²) in [5.74, 6) is -1.69. The summed E-state index contributed by atoms with van der Waals surface area (Å²) in [6, 6.07) is 1.11. The van der Waals surface area contributed by atoms with E-state index in [2.05, 4.69) is 0 Å². The van der Waals surface area contributed by atoms with E-state index in [4.69, 9.17) is 4.65 Å². The maximum atomic E-state index is 13.6. The van der Waals surface area contributed by atoms with E-state index in [0.29, 0.717) is 16.2 Å². The minimum atomic E-state index is -1.18. The van der Waals surface area contributed by atoms with Crippen LogP contribution in [0.3, 0.4) is 0 Å². The second-order valence-corrected chi connectivity index (χ2v) is 6.28. The molecule has 0 unspecified atom stereocenters. The fraction of sp³-hybridized carbons (Fsp3) is 0.333. The Hall–Kier alpha value is -0.718. The molecule has 1 aliphatic heterocycles. The minimum absolute atomic E-state index is 0.149. The summed E-state index contributed by atoms with van der Waals surface area (Å²) in [5, 5.41) is 9.85. The van der Waals surface area contributed by atoms with E-state index in [1.165, 1.54) is 0 Å². The molecule has 0 atom stereocenters. The second-order valence-electron chi connectivity index (χ2n) is 3.78. The standard InChI is InChI=1S/C9H10BF2O2Si/c1-15(2)9-7-5(4-14-10(7)13)3-6(11)8(9)12/h3,13H,4H2,1-2H3. The lowest BCUT2D eigenvalue weighted by Crippen LogP contribution is -2.48. The molecule has 0 fully saturated rings. The highest BCUT2D eigenvalue weighted by atomic mass is 28.3. The van der Waals surface area contributed by atoms with E-state index in [1.807, 2.05) is 13.1 Å². The Bertz CT molecular complexity index is 412. The Morgan fingerprint density at radius 3 is 2.73 bits per heavy atom. The summed E-state index contributed by atoms with van der Waals surface area (Å²) in [6.45, 7) is 3.86. The molecule has 0 saturated heterocycles. The van der Waals surface area contributed by atoms with Gasteiger partial charge in [-0.1, -0.05) is 13.1 Å². The predicted octanol–water partition coefficient (Wildman–Crippen LogP) is 0.144. The van der Waals surface area contributed by atoms with Crippen LogP contribution in [-0.2, 0) is 11.3 Å². The maximum Gasteiger partial charge on any atom is 0.491 e. The van der Waals surface area contributed by atoms with Crippen LogP contribution in [0.4, 0.5) is 8.78 Å². The Labute approximate surface area is 88.6 Å². The summed E-state index contributed by atoms with van der Waals surface area (Å²) < 4.78 is 31.8. The van der Waals surface area contributed by atoms with Crippen molar-refractivity contribution in [1.82, 2.24) is 0 Å². The number of halogens is 2. The molecule has 1 N–H and O–H groups in total. The Kier molecular flexibility index (Phi) is 2.66. The largest absolute Gasteiger partial charge is 0.491 e. The van der Waals surface area contributed by atoms with Gasteiger partial charge in [0.05, 0.1) is 15.4 Å². The van der Waals surface area contributed by atoms with E-state index in [-0.39, 0.29) is 6.61 Å². The van der Waals surface area contributed by atoms with Crippen molar-refractivity contribution in [2.24, 2.45) is 0 Å². The van der Waals surface area contributed by atoms with Crippen molar-refractivity contribution in [3.63, 3.8) is 0 Å². The van der Waals surface area contributed by atoms with Crippen LogP contribution in [0.2, 0.25) is 13.1 Å². The molecule has 1 aromatic rings. The topological polar surface area (TPSA) is 29.5 Å². The molecule has 6 heteroatoms. The summed E-state index contributed by atoms with van der Waals surface area (Å²) in [7, 11) is -2.28.